The second-order valence-corrected chi connectivity index (χ2v) is 8.20. The Bertz CT molecular complexity index is 661. The van der Waals surface area contributed by atoms with Crippen molar-refractivity contribution >= 4 is 17.6 Å². The third kappa shape index (κ3) is 4.46. The van der Waals surface area contributed by atoms with E-state index < -0.39 is 0 Å². The first kappa shape index (κ1) is 19.2. The number of aromatic nitrogens is 1. The van der Waals surface area contributed by atoms with Crippen LogP contribution in [-0.4, -0.2) is 66.5 Å². The molecule has 0 aromatic carbocycles. The zero-order chi connectivity index (χ0) is 19.3. The van der Waals surface area contributed by atoms with Crippen LogP contribution >= 0.6 is 0 Å². The molecule has 3 heterocycles. The quantitative estimate of drug-likeness (QED) is 0.795. The number of pyridine rings is 1. The minimum absolute atomic E-state index is 0.0576. The molecule has 2 saturated heterocycles. The van der Waals surface area contributed by atoms with Crippen LogP contribution in [0.4, 0.5) is 5.82 Å². The predicted octanol–water partition coefficient (Wildman–Crippen LogP) is 1.16. The molecule has 7 nitrogen and oxygen atoms in total. The number of fused-ring (bicyclic) bond motifs is 1. The van der Waals surface area contributed by atoms with Crippen molar-refractivity contribution in [3.05, 3.63) is 24.4 Å². The van der Waals surface area contributed by atoms with E-state index >= 15 is 0 Å². The van der Waals surface area contributed by atoms with Gasteiger partial charge in [-0.15, -0.1) is 0 Å². The molecular weight excluding hydrogens is 354 g/mol. The summed E-state index contributed by atoms with van der Waals surface area (Å²) < 4.78 is 0. The number of nitrogens with zero attached hydrogens (tertiary/aromatic N) is 3. The second kappa shape index (κ2) is 8.90. The van der Waals surface area contributed by atoms with Crippen LogP contribution in [0.3, 0.4) is 0 Å². The van der Waals surface area contributed by atoms with Crippen molar-refractivity contribution in [2.24, 2.45) is 5.92 Å². The Labute approximate surface area is 166 Å². The average Bonchev–Trinajstić information content (AvgIpc) is 3.19. The van der Waals surface area contributed by atoms with Crippen LogP contribution in [0.5, 0.6) is 0 Å². The highest BCUT2D eigenvalue weighted by Gasteiger charge is 2.38. The van der Waals surface area contributed by atoms with Crippen LogP contribution in [0.1, 0.15) is 38.5 Å². The fraction of sp³-hybridized carbons (Fsp3) is 0.667. The van der Waals surface area contributed by atoms with Crippen LogP contribution in [0, 0.1) is 5.92 Å². The largest absolute Gasteiger partial charge is 0.354 e. The standard InChI is InChI=1S/C21H31N5O2/c27-20(26-13-11-25(12-14-26)19-7-3-4-9-22-19)8-10-23-21(28)18-15-16-5-1-2-6-17(16)24-18/h3-4,7,9,16-18,24H,1-2,5-6,8,10-15H2,(H,23,28). The fourth-order valence-corrected chi connectivity index (χ4v) is 4.82. The molecule has 3 fully saturated rings. The van der Waals surface area contributed by atoms with Gasteiger partial charge in [-0.2, -0.15) is 0 Å². The van der Waals surface area contributed by atoms with E-state index in [-0.39, 0.29) is 17.9 Å². The van der Waals surface area contributed by atoms with Crippen molar-refractivity contribution in [1.82, 2.24) is 20.5 Å². The summed E-state index contributed by atoms with van der Waals surface area (Å²) in [6, 6.07) is 6.33. The SMILES string of the molecule is O=C(NCCC(=O)N1CCN(c2ccccn2)CC1)C1CC2CCCCC2N1. The Kier molecular flexibility index (Phi) is 6.10. The molecule has 3 unspecified atom stereocenters. The zero-order valence-corrected chi connectivity index (χ0v) is 16.5. The Balaban J connectivity index is 1.16. The molecule has 1 aromatic rings. The first-order chi connectivity index (χ1) is 13.7. The van der Waals surface area contributed by atoms with E-state index in [1.807, 2.05) is 23.1 Å². The lowest BCUT2D eigenvalue weighted by Crippen LogP contribution is -2.50. The molecule has 4 rings (SSSR count). The normalized spacial score (nSPS) is 27.4. The number of piperazine rings is 1. The highest BCUT2D eigenvalue weighted by atomic mass is 16.2. The van der Waals surface area contributed by atoms with E-state index in [2.05, 4.69) is 20.5 Å². The molecule has 0 spiro atoms. The third-order valence-corrected chi connectivity index (χ3v) is 6.42. The van der Waals surface area contributed by atoms with Gasteiger partial charge in [-0.1, -0.05) is 18.9 Å². The van der Waals surface area contributed by atoms with Gasteiger partial charge in [-0.05, 0) is 37.3 Å². The summed E-state index contributed by atoms with van der Waals surface area (Å²) in [6.45, 7) is 3.42. The van der Waals surface area contributed by atoms with Crippen LogP contribution in [0.2, 0.25) is 0 Å². The molecule has 1 aromatic heterocycles. The van der Waals surface area contributed by atoms with Crippen molar-refractivity contribution in [2.45, 2.75) is 50.6 Å². The fourth-order valence-electron chi connectivity index (χ4n) is 4.82. The summed E-state index contributed by atoms with van der Waals surface area (Å²) in [6.07, 6.45) is 8.10. The molecular formula is C21H31N5O2. The Morgan fingerprint density at radius 3 is 2.71 bits per heavy atom. The molecule has 0 bridgehead atoms. The van der Waals surface area contributed by atoms with Crippen molar-refractivity contribution in [3.63, 3.8) is 0 Å². The summed E-state index contributed by atoms with van der Waals surface area (Å²) >= 11 is 0. The van der Waals surface area contributed by atoms with Gasteiger partial charge in [0.1, 0.15) is 5.82 Å². The van der Waals surface area contributed by atoms with Gasteiger partial charge in [0.05, 0.1) is 6.04 Å². The topological polar surface area (TPSA) is 77.6 Å². The molecule has 3 atom stereocenters. The van der Waals surface area contributed by atoms with Gasteiger partial charge in [0.25, 0.3) is 0 Å². The number of rotatable bonds is 5. The Hall–Kier alpha value is -2.15. The van der Waals surface area contributed by atoms with E-state index in [9.17, 15) is 9.59 Å². The molecule has 0 radical (unpaired) electrons. The average molecular weight is 386 g/mol. The first-order valence-electron chi connectivity index (χ1n) is 10.7. The lowest BCUT2D eigenvalue weighted by molar-refractivity contribution is -0.131. The molecule has 2 aliphatic heterocycles. The summed E-state index contributed by atoms with van der Waals surface area (Å²) in [7, 11) is 0. The van der Waals surface area contributed by atoms with Gasteiger partial charge in [-0.3, -0.25) is 9.59 Å². The molecule has 3 aliphatic rings. The number of amides is 2. The molecule has 1 aliphatic carbocycles. The van der Waals surface area contributed by atoms with Crippen LogP contribution in [0.15, 0.2) is 24.4 Å². The molecule has 28 heavy (non-hydrogen) atoms. The van der Waals surface area contributed by atoms with E-state index in [1.54, 1.807) is 6.20 Å². The number of hydrogen-bond donors (Lipinski definition) is 2. The number of carbonyl (C=O) groups is 2. The van der Waals surface area contributed by atoms with Gasteiger partial charge in [0, 0.05) is 51.4 Å². The highest BCUT2D eigenvalue weighted by molar-refractivity contribution is 5.83. The van der Waals surface area contributed by atoms with Gasteiger partial charge in [0.2, 0.25) is 11.8 Å². The van der Waals surface area contributed by atoms with Crippen molar-refractivity contribution in [1.29, 1.82) is 0 Å². The predicted molar refractivity (Wildman–Crippen MR) is 108 cm³/mol. The molecule has 1 saturated carbocycles. The summed E-state index contributed by atoms with van der Waals surface area (Å²) in [4.78, 5) is 33.4. The van der Waals surface area contributed by atoms with Crippen molar-refractivity contribution < 1.29 is 9.59 Å². The van der Waals surface area contributed by atoms with Gasteiger partial charge in [-0.25, -0.2) is 4.98 Å². The molecule has 7 heteroatoms. The van der Waals surface area contributed by atoms with Crippen molar-refractivity contribution in [2.75, 3.05) is 37.6 Å². The number of nitrogens with one attached hydrogen (secondary N) is 2. The number of anilines is 1. The van der Waals surface area contributed by atoms with Crippen LogP contribution in [0.25, 0.3) is 0 Å². The van der Waals surface area contributed by atoms with Gasteiger partial charge >= 0.3 is 0 Å². The summed E-state index contributed by atoms with van der Waals surface area (Å²) in [5, 5.41) is 6.47. The third-order valence-electron chi connectivity index (χ3n) is 6.42. The minimum Gasteiger partial charge on any atom is -0.354 e. The van der Waals surface area contributed by atoms with Gasteiger partial charge in [0.15, 0.2) is 0 Å². The van der Waals surface area contributed by atoms with Gasteiger partial charge < -0.3 is 20.4 Å². The summed E-state index contributed by atoms with van der Waals surface area (Å²) in [5.41, 5.74) is 0. The first-order valence-corrected chi connectivity index (χ1v) is 10.7. The highest BCUT2D eigenvalue weighted by Crippen LogP contribution is 2.33. The maximum Gasteiger partial charge on any atom is 0.237 e. The molecule has 2 N–H and O–H groups in total. The number of hydrogen-bond acceptors (Lipinski definition) is 5. The molecule has 2 amide bonds. The van der Waals surface area contributed by atoms with E-state index in [0.717, 1.165) is 25.3 Å². The lowest BCUT2D eigenvalue weighted by Gasteiger charge is -2.35. The minimum atomic E-state index is -0.0786. The maximum absolute atomic E-state index is 12.5. The molecule has 152 valence electrons. The lowest BCUT2D eigenvalue weighted by atomic mass is 9.85. The number of carbonyl (C=O) groups excluding carboxylic acids is 2. The van der Waals surface area contributed by atoms with Crippen LogP contribution in [-0.2, 0) is 9.59 Å². The van der Waals surface area contributed by atoms with E-state index in [1.165, 1.54) is 25.7 Å². The van der Waals surface area contributed by atoms with Crippen molar-refractivity contribution in [3.8, 4) is 0 Å². The monoisotopic (exact) mass is 385 g/mol. The second-order valence-electron chi connectivity index (χ2n) is 8.20. The smallest absolute Gasteiger partial charge is 0.237 e. The van der Waals surface area contributed by atoms with E-state index in [0.29, 0.717) is 38.0 Å². The van der Waals surface area contributed by atoms with E-state index in [4.69, 9.17) is 0 Å². The Morgan fingerprint density at radius 1 is 1.14 bits per heavy atom. The zero-order valence-electron chi connectivity index (χ0n) is 16.5. The van der Waals surface area contributed by atoms with Crippen LogP contribution < -0.4 is 15.5 Å². The summed E-state index contributed by atoms with van der Waals surface area (Å²) in [5.74, 6) is 1.80. The Morgan fingerprint density at radius 2 is 1.96 bits per heavy atom. The maximum atomic E-state index is 12.5.